The van der Waals surface area contributed by atoms with Crippen molar-refractivity contribution in [3.63, 3.8) is 0 Å². The number of carbonyl (C=O) groups is 2. The van der Waals surface area contributed by atoms with E-state index in [0.29, 0.717) is 34.3 Å². The molecule has 0 saturated carbocycles. The zero-order chi connectivity index (χ0) is 22.0. The fraction of sp³-hybridized carbons (Fsp3) is 0.227. The monoisotopic (exact) mass is 422 g/mol. The predicted molar refractivity (Wildman–Crippen MR) is 115 cm³/mol. The Morgan fingerprint density at radius 3 is 2.55 bits per heavy atom. The molecular weight excluding hydrogens is 400 g/mol. The molecule has 2 N–H and O–H groups in total. The van der Waals surface area contributed by atoms with Gasteiger partial charge in [0.05, 0.1) is 39.6 Å². The molecule has 1 aliphatic heterocycles. The highest BCUT2D eigenvalue weighted by Crippen LogP contribution is 2.38. The molecule has 1 aromatic heterocycles. The molecule has 0 spiro atoms. The van der Waals surface area contributed by atoms with Gasteiger partial charge < -0.3 is 24.8 Å². The fourth-order valence-corrected chi connectivity index (χ4v) is 3.55. The standard InChI is InChI=1S/C22H22N4O5/c1-29-17-7-5-4-6-15(17)24-22(28)16-11-20(27)25-21-14(12-23-26(16)21)13-8-9-18(30-2)19(10-13)31-3/h4-10,12,16H,11H2,1-3H3,(H,24,28)(H,25,27)/t16-/m0/s1. The summed E-state index contributed by atoms with van der Waals surface area (Å²) in [4.78, 5) is 25.4. The molecule has 31 heavy (non-hydrogen) atoms. The third-order valence-electron chi connectivity index (χ3n) is 5.09. The van der Waals surface area contributed by atoms with E-state index in [-0.39, 0.29) is 18.2 Å². The number of nitrogens with zero attached hydrogens (tertiary/aromatic N) is 2. The van der Waals surface area contributed by atoms with Gasteiger partial charge in [0.25, 0.3) is 0 Å². The van der Waals surface area contributed by atoms with Crippen LogP contribution in [-0.2, 0) is 9.59 Å². The summed E-state index contributed by atoms with van der Waals surface area (Å²) in [5.41, 5.74) is 1.96. The van der Waals surface area contributed by atoms with Crippen LogP contribution in [0.2, 0.25) is 0 Å². The highest BCUT2D eigenvalue weighted by Gasteiger charge is 2.33. The molecule has 2 heterocycles. The molecule has 1 atom stereocenters. The first kappa shape index (κ1) is 20.3. The molecule has 160 valence electrons. The number of para-hydroxylation sites is 2. The number of hydrogen-bond acceptors (Lipinski definition) is 6. The Kier molecular flexibility index (Phi) is 5.48. The van der Waals surface area contributed by atoms with Gasteiger partial charge >= 0.3 is 0 Å². The molecule has 2 aromatic carbocycles. The van der Waals surface area contributed by atoms with Gasteiger partial charge in [-0.3, -0.25) is 9.59 Å². The molecule has 1 aliphatic rings. The van der Waals surface area contributed by atoms with Gasteiger partial charge in [-0.15, -0.1) is 0 Å². The lowest BCUT2D eigenvalue weighted by Crippen LogP contribution is -2.35. The number of carbonyl (C=O) groups excluding carboxylic acids is 2. The molecule has 0 bridgehead atoms. The Labute approximate surface area is 178 Å². The lowest BCUT2D eigenvalue weighted by Gasteiger charge is -2.25. The van der Waals surface area contributed by atoms with Crippen LogP contribution in [0.15, 0.2) is 48.7 Å². The van der Waals surface area contributed by atoms with Gasteiger partial charge in [-0.2, -0.15) is 5.10 Å². The minimum absolute atomic E-state index is 0.0267. The number of aromatic nitrogens is 2. The van der Waals surface area contributed by atoms with E-state index in [9.17, 15) is 9.59 Å². The van der Waals surface area contributed by atoms with E-state index in [1.165, 1.54) is 11.8 Å². The van der Waals surface area contributed by atoms with Crippen LogP contribution in [-0.4, -0.2) is 42.9 Å². The van der Waals surface area contributed by atoms with Crippen LogP contribution in [0.3, 0.4) is 0 Å². The molecule has 9 nitrogen and oxygen atoms in total. The lowest BCUT2D eigenvalue weighted by molar-refractivity contribution is -0.125. The largest absolute Gasteiger partial charge is 0.495 e. The van der Waals surface area contributed by atoms with Crippen molar-refractivity contribution in [3.05, 3.63) is 48.7 Å². The summed E-state index contributed by atoms with van der Waals surface area (Å²) in [6, 6.07) is 11.7. The quantitative estimate of drug-likeness (QED) is 0.633. The molecule has 0 saturated heterocycles. The van der Waals surface area contributed by atoms with Gasteiger partial charge in [0.15, 0.2) is 11.5 Å². The van der Waals surface area contributed by atoms with Crippen LogP contribution in [0.4, 0.5) is 11.5 Å². The van der Waals surface area contributed by atoms with Crippen molar-refractivity contribution in [2.75, 3.05) is 32.0 Å². The molecule has 0 radical (unpaired) electrons. The van der Waals surface area contributed by atoms with Crippen LogP contribution in [0, 0.1) is 0 Å². The summed E-state index contributed by atoms with van der Waals surface area (Å²) in [6.07, 6.45) is 1.59. The van der Waals surface area contributed by atoms with Crippen molar-refractivity contribution in [1.29, 1.82) is 0 Å². The van der Waals surface area contributed by atoms with E-state index in [0.717, 1.165) is 5.56 Å². The summed E-state index contributed by atoms with van der Waals surface area (Å²) >= 11 is 0. The minimum Gasteiger partial charge on any atom is -0.495 e. The van der Waals surface area contributed by atoms with E-state index in [1.807, 2.05) is 12.1 Å². The Morgan fingerprint density at radius 1 is 1.06 bits per heavy atom. The maximum atomic E-state index is 13.0. The first-order valence-corrected chi connectivity index (χ1v) is 9.59. The van der Waals surface area contributed by atoms with Gasteiger partial charge in [0, 0.05) is 5.56 Å². The van der Waals surface area contributed by atoms with Crippen molar-refractivity contribution in [2.45, 2.75) is 12.5 Å². The van der Waals surface area contributed by atoms with Gasteiger partial charge in [0.2, 0.25) is 11.8 Å². The van der Waals surface area contributed by atoms with Crippen molar-refractivity contribution in [1.82, 2.24) is 9.78 Å². The van der Waals surface area contributed by atoms with Crippen LogP contribution in [0.25, 0.3) is 11.1 Å². The second-order valence-electron chi connectivity index (χ2n) is 6.88. The number of hydrogen-bond donors (Lipinski definition) is 2. The molecular formula is C22H22N4O5. The molecule has 9 heteroatoms. The normalized spacial score (nSPS) is 14.9. The lowest BCUT2D eigenvalue weighted by atomic mass is 10.1. The summed E-state index contributed by atoms with van der Waals surface area (Å²) in [5.74, 6) is 1.49. The third kappa shape index (κ3) is 3.77. The van der Waals surface area contributed by atoms with E-state index in [4.69, 9.17) is 14.2 Å². The van der Waals surface area contributed by atoms with Crippen LogP contribution >= 0.6 is 0 Å². The van der Waals surface area contributed by atoms with Gasteiger partial charge in [0.1, 0.15) is 17.6 Å². The molecule has 2 amide bonds. The Hall–Kier alpha value is -4.01. The fourth-order valence-electron chi connectivity index (χ4n) is 3.55. The SMILES string of the molecule is COc1ccccc1NC(=O)[C@@H]1CC(=O)Nc2c(-c3ccc(OC)c(OC)c3)cnn21. The summed E-state index contributed by atoms with van der Waals surface area (Å²) in [7, 11) is 4.64. The van der Waals surface area contributed by atoms with Crippen LogP contribution in [0.1, 0.15) is 12.5 Å². The van der Waals surface area contributed by atoms with Crippen molar-refractivity contribution < 1.29 is 23.8 Å². The maximum Gasteiger partial charge on any atom is 0.249 e. The van der Waals surface area contributed by atoms with Crippen molar-refractivity contribution in [3.8, 4) is 28.4 Å². The van der Waals surface area contributed by atoms with E-state index < -0.39 is 6.04 Å². The molecule has 0 unspecified atom stereocenters. The molecule has 3 aromatic rings. The number of anilines is 2. The average Bonchev–Trinajstić information content (AvgIpc) is 3.21. The average molecular weight is 422 g/mol. The van der Waals surface area contributed by atoms with Gasteiger partial charge in [-0.1, -0.05) is 18.2 Å². The number of methoxy groups -OCH3 is 3. The highest BCUT2D eigenvalue weighted by molar-refractivity contribution is 6.03. The number of nitrogens with one attached hydrogen (secondary N) is 2. The number of amides is 2. The van der Waals surface area contributed by atoms with E-state index >= 15 is 0 Å². The topological polar surface area (TPSA) is 104 Å². The zero-order valence-corrected chi connectivity index (χ0v) is 17.3. The maximum absolute atomic E-state index is 13.0. The van der Waals surface area contributed by atoms with Crippen molar-refractivity contribution >= 4 is 23.3 Å². The summed E-state index contributed by atoms with van der Waals surface area (Å²) in [6.45, 7) is 0. The number of rotatable bonds is 6. The second kappa shape index (κ2) is 8.39. The van der Waals surface area contributed by atoms with Gasteiger partial charge in [-0.05, 0) is 29.8 Å². The zero-order valence-electron chi connectivity index (χ0n) is 17.3. The second-order valence-corrected chi connectivity index (χ2v) is 6.88. The van der Waals surface area contributed by atoms with E-state index in [2.05, 4.69) is 15.7 Å². The predicted octanol–water partition coefficient (Wildman–Crippen LogP) is 3.10. The molecule has 0 aliphatic carbocycles. The van der Waals surface area contributed by atoms with E-state index in [1.54, 1.807) is 50.7 Å². The number of fused-ring (bicyclic) bond motifs is 1. The minimum atomic E-state index is -0.803. The number of benzene rings is 2. The first-order valence-electron chi connectivity index (χ1n) is 9.59. The Bertz CT molecular complexity index is 1140. The third-order valence-corrected chi connectivity index (χ3v) is 5.09. The molecule has 4 rings (SSSR count). The molecule has 0 fully saturated rings. The smallest absolute Gasteiger partial charge is 0.249 e. The van der Waals surface area contributed by atoms with Crippen molar-refractivity contribution in [2.24, 2.45) is 0 Å². The van der Waals surface area contributed by atoms with Crippen LogP contribution < -0.4 is 24.8 Å². The van der Waals surface area contributed by atoms with Crippen LogP contribution in [0.5, 0.6) is 17.2 Å². The summed E-state index contributed by atoms with van der Waals surface area (Å²) < 4.78 is 17.5. The summed E-state index contributed by atoms with van der Waals surface area (Å²) in [5, 5.41) is 10.1. The number of ether oxygens (including phenoxy) is 3. The Morgan fingerprint density at radius 2 is 1.81 bits per heavy atom. The Balaban J connectivity index is 1.68. The first-order chi connectivity index (χ1) is 15.0. The van der Waals surface area contributed by atoms with Gasteiger partial charge in [-0.25, -0.2) is 4.68 Å². The highest BCUT2D eigenvalue weighted by atomic mass is 16.5.